The van der Waals surface area contributed by atoms with Crippen LogP contribution >= 0.6 is 11.8 Å². The van der Waals surface area contributed by atoms with Crippen LogP contribution in [0.25, 0.3) is 0 Å². The van der Waals surface area contributed by atoms with Gasteiger partial charge in [-0.2, -0.15) is 11.8 Å². The number of hydrogen-bond donors (Lipinski definition) is 0. The van der Waals surface area contributed by atoms with Crippen molar-refractivity contribution in [3.05, 3.63) is 35.9 Å². The topological polar surface area (TPSA) is 53.1 Å². The van der Waals surface area contributed by atoms with Gasteiger partial charge in [0.1, 0.15) is 5.54 Å². The number of benzene rings is 1. The van der Waals surface area contributed by atoms with Crippen LogP contribution in [0.1, 0.15) is 24.8 Å². The van der Waals surface area contributed by atoms with Gasteiger partial charge in [0.15, 0.2) is 0 Å². The second-order valence-electron chi connectivity index (χ2n) is 8.20. The largest absolute Gasteiger partial charge is 0.383 e. The number of carbonyl (C=O) groups is 2. The van der Waals surface area contributed by atoms with E-state index in [9.17, 15) is 9.59 Å². The van der Waals surface area contributed by atoms with Crippen molar-refractivity contribution in [3.63, 3.8) is 0 Å². The first-order valence-corrected chi connectivity index (χ1v) is 11.8. The molecule has 0 aliphatic carbocycles. The van der Waals surface area contributed by atoms with Crippen molar-refractivity contribution in [2.75, 3.05) is 51.4 Å². The average Bonchev–Trinajstić information content (AvgIpc) is 3.35. The molecule has 158 valence electrons. The van der Waals surface area contributed by atoms with Crippen molar-refractivity contribution in [2.45, 2.75) is 37.3 Å². The molecule has 0 unspecified atom stereocenters. The smallest absolute Gasteiger partial charge is 0.327 e. The molecule has 4 rings (SSSR count). The summed E-state index contributed by atoms with van der Waals surface area (Å²) in [5, 5.41) is 0. The van der Waals surface area contributed by atoms with Gasteiger partial charge in [-0.15, -0.1) is 0 Å². The van der Waals surface area contributed by atoms with Crippen molar-refractivity contribution in [1.82, 2.24) is 14.7 Å². The molecule has 1 aromatic rings. The molecule has 3 heterocycles. The number of rotatable bonds is 7. The van der Waals surface area contributed by atoms with Crippen LogP contribution in [0.2, 0.25) is 0 Å². The second-order valence-corrected chi connectivity index (χ2v) is 9.35. The van der Waals surface area contributed by atoms with E-state index < -0.39 is 5.54 Å². The number of ether oxygens (including phenoxy) is 1. The zero-order valence-corrected chi connectivity index (χ0v) is 18.0. The lowest BCUT2D eigenvalue weighted by molar-refractivity contribution is -0.136. The lowest BCUT2D eigenvalue weighted by Gasteiger charge is -2.43. The minimum Gasteiger partial charge on any atom is -0.383 e. The molecule has 3 fully saturated rings. The highest BCUT2D eigenvalue weighted by Gasteiger charge is 2.57. The first-order chi connectivity index (χ1) is 14.2. The summed E-state index contributed by atoms with van der Waals surface area (Å²) in [4.78, 5) is 32.6. The lowest BCUT2D eigenvalue weighted by atomic mass is 9.85. The van der Waals surface area contributed by atoms with Crippen molar-refractivity contribution in [2.24, 2.45) is 0 Å². The highest BCUT2D eigenvalue weighted by molar-refractivity contribution is 7.99. The Morgan fingerprint density at radius 1 is 1.14 bits per heavy atom. The number of amides is 3. The van der Waals surface area contributed by atoms with Crippen LogP contribution in [0.15, 0.2) is 30.3 Å². The molecule has 29 heavy (non-hydrogen) atoms. The molecule has 1 atom stereocenters. The Hall–Kier alpha value is -1.57. The summed E-state index contributed by atoms with van der Waals surface area (Å²) in [6, 6.07) is 10.5. The summed E-state index contributed by atoms with van der Waals surface area (Å²) in [5.74, 6) is 2.42. The standard InChI is InChI=1S/C22H31N3O3S/c1-28-15-14-25-21(27)24(11-7-18-5-3-2-4-6-18)20(26)22(25)9-12-23(13-10-22)19-8-16-29-17-19/h2-6,19H,7-17H2,1H3/t19-/m1/s1. The fraction of sp³-hybridized carbons (Fsp3) is 0.636. The molecule has 0 radical (unpaired) electrons. The summed E-state index contributed by atoms with van der Waals surface area (Å²) in [5.41, 5.74) is 0.459. The van der Waals surface area contributed by atoms with Crippen LogP contribution < -0.4 is 0 Å². The molecule has 3 saturated heterocycles. The minimum absolute atomic E-state index is 0.00465. The van der Waals surface area contributed by atoms with E-state index in [4.69, 9.17) is 4.74 Å². The maximum Gasteiger partial charge on any atom is 0.327 e. The van der Waals surface area contributed by atoms with Crippen molar-refractivity contribution < 1.29 is 14.3 Å². The molecule has 7 heteroatoms. The maximum absolute atomic E-state index is 13.5. The Morgan fingerprint density at radius 3 is 2.55 bits per heavy atom. The number of thioether (sulfide) groups is 1. The monoisotopic (exact) mass is 417 g/mol. The Balaban J connectivity index is 1.48. The van der Waals surface area contributed by atoms with E-state index in [2.05, 4.69) is 4.90 Å². The number of piperidine rings is 1. The van der Waals surface area contributed by atoms with Crippen molar-refractivity contribution in [1.29, 1.82) is 0 Å². The summed E-state index contributed by atoms with van der Waals surface area (Å²) in [7, 11) is 1.64. The van der Waals surface area contributed by atoms with E-state index in [1.54, 1.807) is 7.11 Å². The summed E-state index contributed by atoms with van der Waals surface area (Å²) < 4.78 is 5.25. The molecule has 6 nitrogen and oxygen atoms in total. The third-order valence-corrected chi connectivity index (χ3v) is 7.80. The van der Waals surface area contributed by atoms with Gasteiger partial charge in [0.05, 0.1) is 6.61 Å². The molecular weight excluding hydrogens is 386 g/mol. The van der Waals surface area contributed by atoms with Gasteiger partial charge in [-0.25, -0.2) is 4.79 Å². The highest BCUT2D eigenvalue weighted by atomic mass is 32.2. The number of likely N-dealkylation sites (tertiary alicyclic amines) is 1. The van der Waals surface area contributed by atoms with Crippen LogP contribution in [0, 0.1) is 0 Å². The van der Waals surface area contributed by atoms with Gasteiger partial charge in [-0.1, -0.05) is 30.3 Å². The Labute approximate surface area is 177 Å². The third-order valence-electron chi connectivity index (χ3n) is 6.65. The molecule has 3 amide bonds. The summed E-state index contributed by atoms with van der Waals surface area (Å²) in [6.45, 7) is 3.15. The maximum atomic E-state index is 13.5. The first-order valence-electron chi connectivity index (χ1n) is 10.6. The number of nitrogens with zero attached hydrogens (tertiary/aromatic N) is 3. The van der Waals surface area contributed by atoms with E-state index in [1.165, 1.54) is 22.8 Å². The Morgan fingerprint density at radius 2 is 1.90 bits per heavy atom. The average molecular weight is 418 g/mol. The minimum atomic E-state index is -0.686. The molecule has 0 bridgehead atoms. The predicted octanol–water partition coefficient (Wildman–Crippen LogP) is 2.48. The number of hydrogen-bond acceptors (Lipinski definition) is 5. The quantitative estimate of drug-likeness (QED) is 0.638. The third kappa shape index (κ3) is 4.05. The Kier molecular flexibility index (Phi) is 6.47. The predicted molar refractivity (Wildman–Crippen MR) is 115 cm³/mol. The van der Waals surface area contributed by atoms with Crippen molar-refractivity contribution in [3.8, 4) is 0 Å². The molecule has 0 N–H and O–H groups in total. The first kappa shape index (κ1) is 20.7. The van der Waals surface area contributed by atoms with Crippen molar-refractivity contribution >= 4 is 23.7 Å². The fourth-order valence-electron chi connectivity index (χ4n) is 4.91. The van der Waals surface area contributed by atoms with Gasteiger partial charge in [0, 0.05) is 45.1 Å². The van der Waals surface area contributed by atoms with Gasteiger partial charge in [-0.05, 0) is 37.0 Å². The molecule has 0 saturated carbocycles. The lowest BCUT2D eigenvalue weighted by Crippen LogP contribution is -2.58. The van der Waals surface area contributed by atoms with Gasteiger partial charge in [0.2, 0.25) is 0 Å². The number of carbonyl (C=O) groups excluding carboxylic acids is 2. The van der Waals surface area contributed by atoms with Crippen LogP contribution in [0.5, 0.6) is 0 Å². The van der Waals surface area contributed by atoms with E-state index in [-0.39, 0.29) is 11.9 Å². The highest BCUT2D eigenvalue weighted by Crippen LogP contribution is 2.38. The summed E-state index contributed by atoms with van der Waals surface area (Å²) >= 11 is 2.02. The normalized spacial score (nSPS) is 24.8. The number of urea groups is 1. The van der Waals surface area contributed by atoms with Gasteiger partial charge >= 0.3 is 6.03 Å². The molecule has 1 aromatic carbocycles. The number of methoxy groups -OCH3 is 1. The van der Waals surface area contributed by atoms with Crippen LogP contribution in [-0.2, 0) is 16.0 Å². The van der Waals surface area contributed by atoms with Gasteiger partial charge < -0.3 is 9.64 Å². The van der Waals surface area contributed by atoms with Crippen LogP contribution in [0.3, 0.4) is 0 Å². The molecule has 3 aliphatic heterocycles. The van der Waals surface area contributed by atoms with E-state index in [0.29, 0.717) is 32.2 Å². The second kappa shape index (κ2) is 9.06. The molecule has 0 aromatic heterocycles. The molecule has 3 aliphatic rings. The number of imide groups is 1. The van der Waals surface area contributed by atoms with Crippen LogP contribution in [0.4, 0.5) is 4.79 Å². The van der Waals surface area contributed by atoms with E-state index in [1.807, 2.05) is 47.0 Å². The molecular formula is C22H31N3O3S. The summed E-state index contributed by atoms with van der Waals surface area (Å²) in [6.07, 6.45) is 3.38. The Bertz CT molecular complexity index is 715. The SMILES string of the molecule is COCCN1C(=O)N(CCc2ccccc2)C(=O)C12CCN([C@@H]1CCSC1)CC2. The fourth-order valence-corrected chi connectivity index (χ4v) is 6.17. The molecule has 1 spiro atoms. The zero-order chi connectivity index (χ0) is 20.3. The van der Waals surface area contributed by atoms with E-state index in [0.717, 1.165) is 31.5 Å². The van der Waals surface area contributed by atoms with E-state index >= 15 is 0 Å². The zero-order valence-electron chi connectivity index (χ0n) is 17.2. The van der Waals surface area contributed by atoms with Gasteiger partial charge in [0.25, 0.3) is 5.91 Å². The van der Waals surface area contributed by atoms with Crippen LogP contribution in [-0.4, -0.2) is 89.6 Å². The van der Waals surface area contributed by atoms with Gasteiger partial charge in [-0.3, -0.25) is 14.6 Å².